The fourth-order valence-electron chi connectivity index (χ4n) is 2.05. The third-order valence-electron chi connectivity index (χ3n) is 3.12. The van der Waals surface area contributed by atoms with Crippen LogP contribution in [0.3, 0.4) is 0 Å². The molecule has 3 aromatic rings. The van der Waals surface area contributed by atoms with E-state index in [9.17, 15) is 0 Å². The van der Waals surface area contributed by atoms with Gasteiger partial charge in [-0.15, -0.1) is 0 Å². The lowest BCUT2D eigenvalue weighted by Gasteiger charge is -2.04. The van der Waals surface area contributed by atoms with E-state index in [4.69, 9.17) is 9.47 Å². The van der Waals surface area contributed by atoms with E-state index in [-0.39, 0.29) is 0 Å². The number of ether oxygens (including phenoxy) is 2. The van der Waals surface area contributed by atoms with Gasteiger partial charge in [-0.1, -0.05) is 0 Å². The molecule has 0 aliphatic heterocycles. The third-order valence-corrected chi connectivity index (χ3v) is 3.78. The summed E-state index contributed by atoms with van der Waals surface area (Å²) >= 11 is 3.56. The van der Waals surface area contributed by atoms with Crippen LogP contribution in [0.15, 0.2) is 47.2 Å². The molecule has 0 fully saturated rings. The minimum Gasteiger partial charge on any atom is -0.497 e. The summed E-state index contributed by atoms with van der Waals surface area (Å²) in [6.07, 6.45) is 3.92. The zero-order valence-corrected chi connectivity index (χ0v) is 12.7. The Kier molecular flexibility index (Phi) is 3.36. The molecule has 0 unspecified atom stereocenters. The maximum atomic E-state index is 5.21. The molecule has 0 aliphatic rings. The summed E-state index contributed by atoms with van der Waals surface area (Å²) in [5, 5.41) is 0. The largest absolute Gasteiger partial charge is 0.497 e. The van der Waals surface area contributed by atoms with E-state index in [1.165, 1.54) is 0 Å². The fourth-order valence-corrected chi connectivity index (χ4v) is 2.61. The second-order valence-corrected chi connectivity index (χ2v) is 5.16. The van der Waals surface area contributed by atoms with Crippen LogP contribution in [0.4, 0.5) is 0 Å². The van der Waals surface area contributed by atoms with Gasteiger partial charge < -0.3 is 13.9 Å². The molecule has 2 aromatic heterocycles. The van der Waals surface area contributed by atoms with E-state index in [0.717, 1.165) is 32.9 Å². The monoisotopic (exact) mass is 332 g/mol. The highest BCUT2D eigenvalue weighted by atomic mass is 79.9. The zero-order chi connectivity index (χ0) is 14.1. The van der Waals surface area contributed by atoms with Gasteiger partial charge in [-0.2, -0.15) is 0 Å². The average molecular weight is 333 g/mol. The van der Waals surface area contributed by atoms with Crippen LogP contribution in [-0.2, 0) is 0 Å². The second kappa shape index (κ2) is 5.17. The molecule has 3 rings (SSSR count). The van der Waals surface area contributed by atoms with Crippen LogP contribution < -0.4 is 9.47 Å². The molecule has 4 nitrogen and oxygen atoms in total. The molecule has 0 radical (unpaired) electrons. The number of imidazole rings is 1. The molecule has 0 saturated heterocycles. The number of fused-ring (bicyclic) bond motifs is 1. The molecule has 1 aromatic carbocycles. The van der Waals surface area contributed by atoms with Crippen molar-refractivity contribution in [2.45, 2.75) is 0 Å². The lowest BCUT2D eigenvalue weighted by atomic mass is 10.1. The Bertz CT molecular complexity index is 768. The minimum absolute atomic E-state index is 0.795. The Morgan fingerprint density at radius 2 is 1.80 bits per heavy atom. The minimum atomic E-state index is 0.795. The van der Waals surface area contributed by atoms with Crippen molar-refractivity contribution in [1.29, 1.82) is 0 Å². The van der Waals surface area contributed by atoms with Crippen molar-refractivity contribution in [3.05, 3.63) is 47.2 Å². The van der Waals surface area contributed by atoms with Gasteiger partial charge >= 0.3 is 0 Å². The van der Waals surface area contributed by atoms with Crippen molar-refractivity contribution in [3.63, 3.8) is 0 Å². The molecule has 102 valence electrons. The predicted octanol–water partition coefficient (Wildman–Crippen LogP) is 3.78. The van der Waals surface area contributed by atoms with E-state index in [2.05, 4.69) is 20.9 Å². The molecule has 0 amide bonds. The molecule has 0 atom stereocenters. The summed E-state index contributed by atoms with van der Waals surface area (Å²) in [5.74, 6) is 1.61. The van der Waals surface area contributed by atoms with Crippen LogP contribution in [0.2, 0.25) is 0 Å². The van der Waals surface area contributed by atoms with Crippen molar-refractivity contribution in [2.75, 3.05) is 14.2 Å². The molecule has 20 heavy (non-hydrogen) atoms. The van der Waals surface area contributed by atoms with Gasteiger partial charge in [-0.05, 0) is 40.2 Å². The smallest absolute Gasteiger partial charge is 0.141 e. The van der Waals surface area contributed by atoms with Gasteiger partial charge in [0.15, 0.2) is 0 Å². The van der Waals surface area contributed by atoms with Gasteiger partial charge in [0.1, 0.15) is 17.1 Å². The first-order valence-electron chi connectivity index (χ1n) is 6.08. The van der Waals surface area contributed by atoms with E-state index >= 15 is 0 Å². The highest BCUT2D eigenvalue weighted by Gasteiger charge is 2.09. The molecule has 5 heteroatoms. The maximum absolute atomic E-state index is 5.21. The molecular formula is C15H13BrN2O2. The number of halogens is 1. The first-order valence-corrected chi connectivity index (χ1v) is 6.87. The molecule has 0 N–H and O–H groups in total. The topological polar surface area (TPSA) is 35.8 Å². The van der Waals surface area contributed by atoms with Gasteiger partial charge in [0, 0.05) is 28.5 Å². The molecular weight excluding hydrogens is 320 g/mol. The lowest BCUT2D eigenvalue weighted by molar-refractivity contribution is 0.414. The number of pyridine rings is 1. The van der Waals surface area contributed by atoms with Crippen molar-refractivity contribution in [3.8, 4) is 22.8 Å². The Morgan fingerprint density at radius 3 is 2.50 bits per heavy atom. The lowest BCUT2D eigenvalue weighted by Crippen LogP contribution is -1.86. The van der Waals surface area contributed by atoms with Gasteiger partial charge in [0.25, 0.3) is 0 Å². The van der Waals surface area contributed by atoms with Crippen molar-refractivity contribution >= 4 is 21.6 Å². The van der Waals surface area contributed by atoms with E-state index in [1.54, 1.807) is 14.2 Å². The second-order valence-electron chi connectivity index (χ2n) is 4.30. The zero-order valence-electron chi connectivity index (χ0n) is 11.1. The highest BCUT2D eigenvalue weighted by Crippen LogP contribution is 2.31. The number of aromatic nitrogens is 2. The Labute approximate surface area is 125 Å². The van der Waals surface area contributed by atoms with Gasteiger partial charge in [0.05, 0.1) is 19.9 Å². The normalized spacial score (nSPS) is 10.8. The van der Waals surface area contributed by atoms with E-state index in [1.807, 2.05) is 47.1 Å². The van der Waals surface area contributed by atoms with Crippen molar-refractivity contribution in [1.82, 2.24) is 9.38 Å². The number of methoxy groups -OCH3 is 2. The summed E-state index contributed by atoms with van der Waals surface area (Å²) in [6, 6.07) is 9.65. The number of rotatable bonds is 3. The fraction of sp³-hybridized carbons (Fsp3) is 0.133. The Balaban J connectivity index is 2.10. The van der Waals surface area contributed by atoms with Crippen LogP contribution in [0, 0.1) is 0 Å². The SMILES string of the molecule is COc1ccc(-c2cn3ccc(OC)cc3n2)c(Br)c1. The van der Waals surface area contributed by atoms with Crippen molar-refractivity contribution < 1.29 is 9.47 Å². The van der Waals surface area contributed by atoms with Gasteiger partial charge in [0.2, 0.25) is 0 Å². The number of hydrogen-bond donors (Lipinski definition) is 0. The van der Waals surface area contributed by atoms with Crippen LogP contribution >= 0.6 is 15.9 Å². The van der Waals surface area contributed by atoms with Crippen LogP contribution in [0.5, 0.6) is 11.5 Å². The summed E-state index contributed by atoms with van der Waals surface area (Å²) in [5.41, 5.74) is 2.77. The third kappa shape index (κ3) is 2.25. The number of nitrogens with zero attached hydrogens (tertiary/aromatic N) is 2. The predicted molar refractivity (Wildman–Crippen MR) is 81.4 cm³/mol. The van der Waals surface area contributed by atoms with Crippen LogP contribution in [-0.4, -0.2) is 23.6 Å². The van der Waals surface area contributed by atoms with Crippen LogP contribution in [0.1, 0.15) is 0 Å². The van der Waals surface area contributed by atoms with E-state index in [0.29, 0.717) is 0 Å². The molecule has 0 spiro atoms. The first-order chi connectivity index (χ1) is 9.71. The molecule has 0 bridgehead atoms. The Hall–Kier alpha value is -2.01. The van der Waals surface area contributed by atoms with Gasteiger partial charge in [-0.3, -0.25) is 0 Å². The standard InChI is InChI=1S/C15H13BrN2O2/c1-19-10-3-4-12(13(16)7-10)14-9-18-6-5-11(20-2)8-15(18)17-14/h3-9H,1-2H3. The first kappa shape index (κ1) is 13.0. The highest BCUT2D eigenvalue weighted by molar-refractivity contribution is 9.10. The quantitative estimate of drug-likeness (QED) is 0.732. The number of hydrogen-bond acceptors (Lipinski definition) is 3. The molecule has 2 heterocycles. The van der Waals surface area contributed by atoms with Crippen LogP contribution in [0.25, 0.3) is 16.9 Å². The maximum Gasteiger partial charge on any atom is 0.141 e. The summed E-state index contributed by atoms with van der Waals surface area (Å²) in [7, 11) is 3.30. The Morgan fingerprint density at radius 1 is 1.05 bits per heavy atom. The summed E-state index contributed by atoms with van der Waals surface area (Å²) < 4.78 is 13.3. The van der Waals surface area contributed by atoms with Crippen molar-refractivity contribution in [2.24, 2.45) is 0 Å². The average Bonchev–Trinajstić information content (AvgIpc) is 2.89. The summed E-state index contributed by atoms with van der Waals surface area (Å²) in [4.78, 5) is 4.62. The molecule has 0 aliphatic carbocycles. The van der Waals surface area contributed by atoms with E-state index < -0.39 is 0 Å². The summed E-state index contributed by atoms with van der Waals surface area (Å²) in [6.45, 7) is 0. The van der Waals surface area contributed by atoms with Gasteiger partial charge in [-0.25, -0.2) is 4.98 Å². The number of benzene rings is 1. The molecule has 0 saturated carbocycles.